The molecule has 0 amide bonds. The first-order valence-corrected chi connectivity index (χ1v) is 7.10. The number of ether oxygens (including phenoxy) is 1. The second kappa shape index (κ2) is 7.53. The Labute approximate surface area is 120 Å². The van der Waals surface area contributed by atoms with E-state index in [0.717, 1.165) is 36.8 Å². The molecule has 5 nitrogen and oxygen atoms in total. The van der Waals surface area contributed by atoms with Crippen molar-refractivity contribution in [3.05, 3.63) is 41.8 Å². The van der Waals surface area contributed by atoms with Crippen LogP contribution in [-0.2, 0) is 11.3 Å². The standard InChI is InChI=1S/C12H14N4O.C3H8/c1-3-13-4-2-12-11(1)16(5-6-17-12)8-10-7-14-9-15-10;1-3-2/h1-3,7,9H,4-6,8H2,(H,14,15);3H2,1-2H3. The molecule has 0 aliphatic carbocycles. The minimum absolute atomic E-state index is 0.688. The molecule has 3 heterocycles. The molecule has 108 valence electrons. The lowest BCUT2D eigenvalue weighted by Gasteiger charge is -2.32. The molecule has 2 aliphatic heterocycles. The van der Waals surface area contributed by atoms with Crippen molar-refractivity contribution in [2.45, 2.75) is 26.8 Å². The lowest BCUT2D eigenvalue weighted by atomic mass is 10.2. The predicted molar refractivity (Wildman–Crippen MR) is 80.4 cm³/mol. The number of nitrogens with zero attached hydrogens (tertiary/aromatic N) is 3. The van der Waals surface area contributed by atoms with Gasteiger partial charge in [-0.05, 0) is 12.2 Å². The molecule has 1 N–H and O–H groups in total. The van der Waals surface area contributed by atoms with Crippen LogP contribution in [0, 0.1) is 0 Å². The first-order valence-electron chi connectivity index (χ1n) is 7.10. The first-order chi connectivity index (χ1) is 9.85. The van der Waals surface area contributed by atoms with Crippen LogP contribution in [0.3, 0.4) is 0 Å². The molecule has 5 heteroatoms. The van der Waals surface area contributed by atoms with E-state index in [4.69, 9.17) is 4.74 Å². The highest BCUT2D eigenvalue weighted by Crippen LogP contribution is 2.23. The van der Waals surface area contributed by atoms with Crippen LogP contribution in [-0.4, -0.2) is 40.8 Å². The summed E-state index contributed by atoms with van der Waals surface area (Å²) in [5, 5.41) is 0. The van der Waals surface area contributed by atoms with Gasteiger partial charge in [-0.15, -0.1) is 0 Å². The smallest absolute Gasteiger partial charge is 0.140 e. The monoisotopic (exact) mass is 274 g/mol. The van der Waals surface area contributed by atoms with Gasteiger partial charge in [0.1, 0.15) is 12.4 Å². The van der Waals surface area contributed by atoms with Gasteiger partial charge in [0, 0.05) is 12.4 Å². The SMILES string of the molecule is C1=NCC=C2OCCN(Cc3cnc[nH]3)C2=C1.CCC. The summed E-state index contributed by atoms with van der Waals surface area (Å²) in [4.78, 5) is 13.7. The molecular weight excluding hydrogens is 252 g/mol. The number of aliphatic imine (C=N–C) groups is 1. The molecular formula is C15H22N4O. The second-order valence-corrected chi connectivity index (χ2v) is 4.69. The molecule has 3 rings (SSSR count). The molecule has 0 bridgehead atoms. The summed E-state index contributed by atoms with van der Waals surface area (Å²) in [6.45, 7) is 7.36. The molecule has 1 fully saturated rings. The minimum atomic E-state index is 0.688. The molecule has 2 aliphatic rings. The fourth-order valence-corrected chi connectivity index (χ4v) is 2.03. The van der Waals surface area contributed by atoms with Gasteiger partial charge < -0.3 is 14.6 Å². The average Bonchev–Trinajstić information content (AvgIpc) is 2.83. The molecule has 0 atom stereocenters. The Morgan fingerprint density at radius 2 is 2.25 bits per heavy atom. The molecule has 0 saturated carbocycles. The van der Waals surface area contributed by atoms with Crippen LogP contribution >= 0.6 is 0 Å². The largest absolute Gasteiger partial charge is 0.490 e. The van der Waals surface area contributed by atoms with Crippen molar-refractivity contribution < 1.29 is 4.74 Å². The van der Waals surface area contributed by atoms with Gasteiger partial charge >= 0.3 is 0 Å². The van der Waals surface area contributed by atoms with E-state index in [9.17, 15) is 0 Å². The zero-order valence-corrected chi connectivity index (χ0v) is 12.2. The Kier molecular flexibility index (Phi) is 5.41. The number of allylic oxidation sites excluding steroid dienone is 1. The Hall–Kier alpha value is -2.04. The van der Waals surface area contributed by atoms with Crippen LogP contribution in [0.15, 0.2) is 41.1 Å². The van der Waals surface area contributed by atoms with Crippen LogP contribution in [0.2, 0.25) is 0 Å². The summed E-state index contributed by atoms with van der Waals surface area (Å²) in [5.41, 5.74) is 2.21. The van der Waals surface area contributed by atoms with E-state index < -0.39 is 0 Å². The molecule has 0 unspecified atom stereocenters. The van der Waals surface area contributed by atoms with Gasteiger partial charge in [-0.25, -0.2) is 4.98 Å². The number of hydrogen-bond acceptors (Lipinski definition) is 4. The summed E-state index contributed by atoms with van der Waals surface area (Å²) in [5.74, 6) is 0.938. The number of imidazole rings is 1. The fourth-order valence-electron chi connectivity index (χ4n) is 2.03. The first kappa shape index (κ1) is 14.4. The van der Waals surface area contributed by atoms with Gasteiger partial charge in [0.15, 0.2) is 0 Å². The van der Waals surface area contributed by atoms with Gasteiger partial charge in [0.2, 0.25) is 0 Å². The highest BCUT2D eigenvalue weighted by molar-refractivity contribution is 5.74. The van der Waals surface area contributed by atoms with Crippen molar-refractivity contribution in [2.75, 3.05) is 19.7 Å². The van der Waals surface area contributed by atoms with Crippen molar-refractivity contribution in [1.29, 1.82) is 0 Å². The molecule has 1 aromatic heterocycles. The predicted octanol–water partition coefficient (Wildman–Crippen LogP) is 2.51. The Morgan fingerprint density at radius 1 is 1.40 bits per heavy atom. The lowest BCUT2D eigenvalue weighted by Crippen LogP contribution is -2.33. The Bertz CT molecular complexity index is 488. The molecule has 20 heavy (non-hydrogen) atoms. The summed E-state index contributed by atoms with van der Waals surface area (Å²) < 4.78 is 5.66. The topological polar surface area (TPSA) is 53.5 Å². The zero-order chi connectivity index (χ0) is 14.2. The van der Waals surface area contributed by atoms with E-state index in [1.165, 1.54) is 6.42 Å². The van der Waals surface area contributed by atoms with Gasteiger partial charge in [0.05, 0.1) is 37.4 Å². The average molecular weight is 274 g/mol. The van der Waals surface area contributed by atoms with E-state index >= 15 is 0 Å². The molecule has 0 aromatic carbocycles. The lowest BCUT2D eigenvalue weighted by molar-refractivity contribution is 0.123. The summed E-state index contributed by atoms with van der Waals surface area (Å²) in [7, 11) is 0. The number of morpholine rings is 1. The van der Waals surface area contributed by atoms with Crippen LogP contribution in [0.25, 0.3) is 0 Å². The molecule has 0 spiro atoms. The number of aromatic amines is 1. The number of rotatable bonds is 2. The summed E-state index contributed by atoms with van der Waals surface area (Å²) in [6, 6.07) is 0. The highest BCUT2D eigenvalue weighted by atomic mass is 16.5. The van der Waals surface area contributed by atoms with Crippen LogP contribution < -0.4 is 0 Å². The maximum atomic E-state index is 5.66. The number of nitrogens with one attached hydrogen (secondary N) is 1. The van der Waals surface area contributed by atoms with Crippen LogP contribution in [0.1, 0.15) is 26.0 Å². The fraction of sp³-hybridized carbons (Fsp3) is 0.467. The van der Waals surface area contributed by atoms with E-state index in [0.29, 0.717) is 6.54 Å². The third kappa shape index (κ3) is 3.73. The third-order valence-electron chi connectivity index (χ3n) is 2.85. The maximum Gasteiger partial charge on any atom is 0.140 e. The van der Waals surface area contributed by atoms with Crippen molar-refractivity contribution in [3.63, 3.8) is 0 Å². The second-order valence-electron chi connectivity index (χ2n) is 4.69. The Morgan fingerprint density at radius 3 is 3.00 bits per heavy atom. The normalized spacial score (nSPS) is 17.0. The maximum absolute atomic E-state index is 5.66. The number of hydrogen-bond donors (Lipinski definition) is 1. The van der Waals surface area contributed by atoms with E-state index in [1.807, 2.05) is 24.6 Å². The molecule has 1 saturated heterocycles. The zero-order valence-electron chi connectivity index (χ0n) is 12.2. The van der Waals surface area contributed by atoms with Crippen molar-refractivity contribution >= 4 is 6.21 Å². The van der Waals surface area contributed by atoms with Gasteiger partial charge in [0.25, 0.3) is 0 Å². The number of fused-ring (bicyclic) bond motifs is 1. The summed E-state index contributed by atoms with van der Waals surface area (Å²) in [6.07, 6.45) is 10.7. The quantitative estimate of drug-likeness (QED) is 0.901. The number of aromatic nitrogens is 2. The molecule has 0 radical (unpaired) electrons. The highest BCUT2D eigenvalue weighted by Gasteiger charge is 2.21. The minimum Gasteiger partial charge on any atom is -0.490 e. The van der Waals surface area contributed by atoms with E-state index in [1.54, 1.807) is 6.33 Å². The van der Waals surface area contributed by atoms with Crippen LogP contribution in [0.5, 0.6) is 0 Å². The third-order valence-corrected chi connectivity index (χ3v) is 2.85. The van der Waals surface area contributed by atoms with E-state index in [-0.39, 0.29) is 0 Å². The van der Waals surface area contributed by atoms with Crippen molar-refractivity contribution in [3.8, 4) is 0 Å². The summed E-state index contributed by atoms with van der Waals surface area (Å²) >= 11 is 0. The van der Waals surface area contributed by atoms with Crippen molar-refractivity contribution in [1.82, 2.24) is 14.9 Å². The van der Waals surface area contributed by atoms with Crippen molar-refractivity contribution in [2.24, 2.45) is 4.99 Å². The number of H-pyrrole nitrogens is 1. The van der Waals surface area contributed by atoms with Gasteiger partial charge in [-0.1, -0.05) is 20.3 Å². The van der Waals surface area contributed by atoms with Crippen LogP contribution in [0.4, 0.5) is 0 Å². The van der Waals surface area contributed by atoms with E-state index in [2.05, 4.69) is 33.7 Å². The van der Waals surface area contributed by atoms with Gasteiger partial charge in [-0.3, -0.25) is 4.99 Å². The molecule has 1 aromatic rings. The Balaban J connectivity index is 0.000000452. The van der Waals surface area contributed by atoms with Gasteiger partial charge in [-0.2, -0.15) is 0 Å².